The highest BCUT2D eigenvalue weighted by Crippen LogP contribution is 2.12. The fourth-order valence-corrected chi connectivity index (χ4v) is 5.08. The SMILES string of the molecule is CC(C)C[C@H](NC(=O)[C@H](Cc1ccccc1)NC(=O)C(NC(=O)[C@@H](N)Cc1ccc(O)cc1)C(=O)[C@H](C)N)C(=O)N[C@@H](CCCN=C(N)N)C(=O)O. The van der Waals surface area contributed by atoms with Crippen LogP contribution in [0.25, 0.3) is 0 Å². The Bertz CT molecular complexity index is 1550. The molecule has 0 saturated carbocycles. The Hall–Kier alpha value is -5.55. The molecule has 2 aromatic rings. The van der Waals surface area contributed by atoms with E-state index >= 15 is 0 Å². The summed E-state index contributed by atoms with van der Waals surface area (Å²) in [6.45, 7) is 5.09. The highest BCUT2D eigenvalue weighted by atomic mass is 16.4. The topological polar surface area (TPSA) is 307 Å². The molecule has 0 saturated heterocycles. The number of aromatic hydroxyl groups is 1. The molecule has 0 aliphatic carbocycles. The number of nitrogens with two attached hydrogens (primary N) is 4. The summed E-state index contributed by atoms with van der Waals surface area (Å²) in [7, 11) is 0. The predicted molar refractivity (Wildman–Crippen MR) is 193 cm³/mol. The quantitative estimate of drug-likeness (QED) is 0.0306. The highest BCUT2D eigenvalue weighted by molar-refractivity contribution is 6.10. The molecule has 2 rings (SSSR count). The van der Waals surface area contributed by atoms with Gasteiger partial charge in [-0.25, -0.2) is 4.79 Å². The summed E-state index contributed by atoms with van der Waals surface area (Å²) in [6.07, 6.45) is 0.312. The van der Waals surface area contributed by atoms with E-state index in [0.717, 1.165) is 0 Å². The number of ketones is 1. The second-order valence-electron chi connectivity index (χ2n) is 12.9. The van der Waals surface area contributed by atoms with Crippen molar-refractivity contribution in [2.75, 3.05) is 6.54 Å². The smallest absolute Gasteiger partial charge is 0.326 e. The number of aliphatic imine (C=N–C) groups is 1. The maximum Gasteiger partial charge on any atom is 0.326 e. The first-order valence-electron chi connectivity index (χ1n) is 16.8. The number of carboxylic acid groups (broad SMARTS) is 1. The normalized spacial score (nSPS) is 14.4. The van der Waals surface area contributed by atoms with Crippen LogP contribution in [0.5, 0.6) is 5.75 Å². The van der Waals surface area contributed by atoms with Crippen molar-refractivity contribution >= 4 is 41.3 Å². The molecule has 0 aliphatic heterocycles. The predicted octanol–water partition coefficient (Wildman–Crippen LogP) is -1.46. The van der Waals surface area contributed by atoms with Crippen molar-refractivity contribution in [3.05, 3.63) is 65.7 Å². The number of benzene rings is 2. The second kappa shape index (κ2) is 21.0. The number of carbonyl (C=O) groups is 6. The molecule has 0 fully saturated rings. The number of phenols is 1. The molecule has 0 spiro atoms. The molecule has 0 aromatic heterocycles. The van der Waals surface area contributed by atoms with E-state index in [-0.39, 0.29) is 56.3 Å². The number of guanidine groups is 1. The molecular formula is C35H51N9O8. The third kappa shape index (κ3) is 14.7. The Morgan fingerprint density at radius 1 is 0.712 bits per heavy atom. The van der Waals surface area contributed by atoms with Crippen molar-refractivity contribution in [3.8, 4) is 5.75 Å². The van der Waals surface area contributed by atoms with Crippen molar-refractivity contribution in [1.82, 2.24) is 21.3 Å². The number of carbonyl (C=O) groups excluding carboxylic acids is 5. The van der Waals surface area contributed by atoms with Crippen LogP contribution in [0.15, 0.2) is 59.6 Å². The Kier molecular flexibility index (Phi) is 17.2. The van der Waals surface area contributed by atoms with Crippen molar-refractivity contribution in [1.29, 1.82) is 0 Å². The average molecular weight is 726 g/mol. The van der Waals surface area contributed by atoms with Gasteiger partial charge in [0, 0.05) is 13.0 Å². The minimum atomic E-state index is -1.82. The monoisotopic (exact) mass is 725 g/mol. The van der Waals surface area contributed by atoms with Crippen LogP contribution in [-0.4, -0.2) is 94.3 Å². The number of aliphatic carboxylic acids is 1. The maximum absolute atomic E-state index is 13.9. The van der Waals surface area contributed by atoms with E-state index in [0.29, 0.717) is 11.1 Å². The second-order valence-corrected chi connectivity index (χ2v) is 12.9. The number of hydrogen-bond acceptors (Lipinski definition) is 10. The summed E-state index contributed by atoms with van der Waals surface area (Å²) in [5.74, 6) is -5.86. The number of carboxylic acids is 1. The Morgan fingerprint density at radius 2 is 1.27 bits per heavy atom. The Balaban J connectivity index is 2.32. The van der Waals surface area contributed by atoms with Crippen molar-refractivity contribution in [2.24, 2.45) is 33.8 Å². The molecule has 2 aromatic carbocycles. The van der Waals surface area contributed by atoms with E-state index in [1.807, 2.05) is 0 Å². The summed E-state index contributed by atoms with van der Waals surface area (Å²) in [5.41, 5.74) is 23.8. The summed E-state index contributed by atoms with van der Waals surface area (Å²) >= 11 is 0. The third-order valence-electron chi connectivity index (χ3n) is 7.83. The van der Waals surface area contributed by atoms with Gasteiger partial charge in [0.1, 0.15) is 23.9 Å². The molecule has 14 N–H and O–H groups in total. The lowest BCUT2D eigenvalue weighted by atomic mass is 9.99. The van der Waals surface area contributed by atoms with Gasteiger partial charge in [0.25, 0.3) is 5.91 Å². The maximum atomic E-state index is 13.9. The summed E-state index contributed by atoms with van der Waals surface area (Å²) in [5, 5.41) is 29.2. The summed E-state index contributed by atoms with van der Waals surface area (Å²) in [4.78, 5) is 83.0. The number of phenolic OH excluding ortho intramolecular Hbond substituents is 1. The van der Waals surface area contributed by atoms with Crippen LogP contribution in [0, 0.1) is 5.92 Å². The molecule has 4 amide bonds. The lowest BCUT2D eigenvalue weighted by Gasteiger charge is -2.27. The minimum absolute atomic E-state index is 0.00614. The zero-order valence-corrected chi connectivity index (χ0v) is 29.6. The van der Waals surface area contributed by atoms with E-state index in [4.69, 9.17) is 22.9 Å². The average Bonchev–Trinajstić information content (AvgIpc) is 3.08. The number of amides is 4. The van der Waals surface area contributed by atoms with Gasteiger partial charge in [-0.15, -0.1) is 0 Å². The van der Waals surface area contributed by atoms with Gasteiger partial charge < -0.3 is 54.4 Å². The van der Waals surface area contributed by atoms with Gasteiger partial charge in [-0.3, -0.25) is 29.0 Å². The first-order chi connectivity index (χ1) is 24.5. The van der Waals surface area contributed by atoms with Gasteiger partial charge >= 0.3 is 5.97 Å². The van der Waals surface area contributed by atoms with Crippen LogP contribution < -0.4 is 44.2 Å². The van der Waals surface area contributed by atoms with E-state index in [1.165, 1.54) is 19.1 Å². The van der Waals surface area contributed by atoms with Crippen molar-refractivity contribution in [2.45, 2.75) is 89.1 Å². The van der Waals surface area contributed by atoms with E-state index in [2.05, 4.69) is 26.3 Å². The van der Waals surface area contributed by atoms with E-state index < -0.39 is 71.6 Å². The third-order valence-corrected chi connectivity index (χ3v) is 7.83. The van der Waals surface area contributed by atoms with Gasteiger partial charge in [-0.2, -0.15) is 0 Å². The number of hydrogen-bond donors (Lipinski definition) is 10. The lowest BCUT2D eigenvalue weighted by molar-refractivity contribution is -0.142. The molecular weight excluding hydrogens is 674 g/mol. The standard InChI is InChI=1S/C35H51N9O8/c1-19(2)16-26(31(48)41-25(34(51)52)10-7-15-40-35(38)39)42-32(49)27(18-21-8-5-4-6-9-21)43-33(50)28(29(46)20(3)36)44-30(47)24(37)17-22-11-13-23(45)14-12-22/h4-6,8-9,11-14,19-20,24-28,45H,7,10,15-18,36-37H2,1-3H3,(H,41,48)(H,42,49)(H,43,50)(H,44,47)(H,51,52)(H4,38,39,40)/t20-,24-,25-,26-,27-,28?/m0/s1. The van der Waals surface area contributed by atoms with E-state index in [1.54, 1.807) is 56.3 Å². The summed E-state index contributed by atoms with van der Waals surface area (Å²) < 4.78 is 0. The van der Waals surface area contributed by atoms with Gasteiger partial charge in [0.05, 0.1) is 12.1 Å². The zero-order valence-electron chi connectivity index (χ0n) is 29.6. The summed E-state index contributed by atoms with van der Waals surface area (Å²) in [6, 6.07) is 6.51. The largest absolute Gasteiger partial charge is 0.508 e. The molecule has 17 heteroatoms. The number of Topliss-reactive ketones (excluding diaryl/α,β-unsaturated/α-hetero) is 1. The van der Waals surface area contributed by atoms with Gasteiger partial charge in [-0.05, 0) is 61.8 Å². The first-order valence-corrected chi connectivity index (χ1v) is 16.8. The van der Waals surface area contributed by atoms with Crippen LogP contribution >= 0.6 is 0 Å². The molecule has 0 radical (unpaired) electrons. The Morgan fingerprint density at radius 3 is 1.83 bits per heavy atom. The van der Waals surface area contributed by atoms with Gasteiger partial charge in [0.2, 0.25) is 17.7 Å². The van der Waals surface area contributed by atoms with Crippen molar-refractivity contribution in [3.63, 3.8) is 0 Å². The Labute approximate surface area is 302 Å². The zero-order chi connectivity index (χ0) is 39.0. The van der Waals surface area contributed by atoms with Crippen LogP contribution in [0.4, 0.5) is 0 Å². The highest BCUT2D eigenvalue weighted by Gasteiger charge is 2.36. The van der Waals surface area contributed by atoms with Crippen LogP contribution in [-0.2, 0) is 41.6 Å². The van der Waals surface area contributed by atoms with Crippen LogP contribution in [0.1, 0.15) is 51.2 Å². The van der Waals surface area contributed by atoms with Gasteiger partial charge in [0.15, 0.2) is 17.8 Å². The van der Waals surface area contributed by atoms with Gasteiger partial charge in [-0.1, -0.05) is 56.3 Å². The van der Waals surface area contributed by atoms with E-state index in [9.17, 15) is 39.0 Å². The molecule has 6 atom stereocenters. The molecule has 0 bridgehead atoms. The lowest BCUT2D eigenvalue weighted by Crippen LogP contribution is -2.62. The van der Waals surface area contributed by atoms with Crippen LogP contribution in [0.2, 0.25) is 0 Å². The molecule has 0 aliphatic rings. The number of nitrogens with zero attached hydrogens (tertiary/aromatic N) is 1. The number of nitrogens with one attached hydrogen (secondary N) is 4. The minimum Gasteiger partial charge on any atom is -0.508 e. The molecule has 1 unspecified atom stereocenters. The molecule has 52 heavy (non-hydrogen) atoms. The molecule has 284 valence electrons. The molecule has 17 nitrogen and oxygen atoms in total. The van der Waals surface area contributed by atoms with Crippen molar-refractivity contribution < 1.29 is 39.0 Å². The fraction of sp³-hybridized carbons (Fsp3) is 0.457. The number of rotatable bonds is 21. The molecule has 0 heterocycles. The first kappa shape index (κ1) is 42.6. The van der Waals surface area contributed by atoms with Crippen LogP contribution in [0.3, 0.4) is 0 Å². The fourth-order valence-electron chi connectivity index (χ4n) is 5.08.